The van der Waals surface area contributed by atoms with Crippen molar-refractivity contribution in [2.75, 3.05) is 0 Å². The number of ketones is 1. The van der Waals surface area contributed by atoms with Crippen molar-refractivity contribution in [3.05, 3.63) is 0 Å². The van der Waals surface area contributed by atoms with E-state index in [2.05, 4.69) is 0 Å². The summed E-state index contributed by atoms with van der Waals surface area (Å²) in [6.07, 6.45) is 5.52. The maximum atomic E-state index is 11.5. The van der Waals surface area contributed by atoms with Crippen LogP contribution < -0.4 is 5.73 Å². The van der Waals surface area contributed by atoms with Gasteiger partial charge in [0, 0.05) is 17.9 Å². The fourth-order valence-corrected chi connectivity index (χ4v) is 2.48. The van der Waals surface area contributed by atoms with Gasteiger partial charge in [0.15, 0.2) is 0 Å². The molecule has 2 N–H and O–H groups in total. The van der Waals surface area contributed by atoms with Crippen LogP contribution in [-0.2, 0) is 4.79 Å². The molecule has 3 heteroatoms. The van der Waals surface area contributed by atoms with Crippen LogP contribution in [0.1, 0.15) is 32.1 Å². The van der Waals surface area contributed by atoms with E-state index >= 15 is 0 Å². The number of fused-ring (bicyclic) bond motifs is 2. The molecule has 2 saturated carbocycles. The van der Waals surface area contributed by atoms with Crippen molar-refractivity contribution in [2.24, 2.45) is 17.6 Å². The Morgan fingerprint density at radius 2 is 1.92 bits per heavy atom. The van der Waals surface area contributed by atoms with Crippen LogP contribution in [0.4, 0.5) is 0 Å². The molecule has 2 aliphatic rings. The molecule has 0 aromatic heterocycles. The molecule has 0 radical (unpaired) electrons. The summed E-state index contributed by atoms with van der Waals surface area (Å²) in [5.74, 6) is 1.08. The fraction of sp³-hybridized carbons (Fsp3) is 0.889. The van der Waals surface area contributed by atoms with Crippen molar-refractivity contribution < 1.29 is 4.79 Å². The number of halogens is 1. The summed E-state index contributed by atoms with van der Waals surface area (Å²) in [4.78, 5) is 11.5. The molecule has 2 bridgehead atoms. The monoisotopic (exact) mass is 189 g/mol. The number of nitrogens with two attached hydrogens (primary N) is 1. The summed E-state index contributed by atoms with van der Waals surface area (Å²) in [6.45, 7) is 0. The molecule has 0 aromatic rings. The van der Waals surface area contributed by atoms with Gasteiger partial charge < -0.3 is 5.73 Å². The number of hydrogen-bond donors (Lipinski definition) is 1. The molecule has 0 aliphatic heterocycles. The quantitative estimate of drug-likeness (QED) is 0.628. The van der Waals surface area contributed by atoms with Gasteiger partial charge in [-0.1, -0.05) is 6.42 Å². The third-order valence-electron chi connectivity index (χ3n) is 3.20. The van der Waals surface area contributed by atoms with Crippen molar-refractivity contribution in [1.82, 2.24) is 0 Å². The summed E-state index contributed by atoms with van der Waals surface area (Å²) in [6, 6.07) is 0.180. The first kappa shape index (κ1) is 10.0. The van der Waals surface area contributed by atoms with Crippen LogP contribution in [0.15, 0.2) is 0 Å². The van der Waals surface area contributed by atoms with E-state index in [0.29, 0.717) is 11.7 Å². The van der Waals surface area contributed by atoms with E-state index in [1.807, 2.05) is 0 Å². The van der Waals surface area contributed by atoms with Gasteiger partial charge in [0.05, 0.1) is 0 Å². The van der Waals surface area contributed by atoms with Gasteiger partial charge in [-0.25, -0.2) is 0 Å². The highest BCUT2D eigenvalue weighted by Crippen LogP contribution is 2.36. The summed E-state index contributed by atoms with van der Waals surface area (Å²) in [7, 11) is 0. The van der Waals surface area contributed by atoms with E-state index in [1.54, 1.807) is 0 Å². The second-order valence-corrected chi connectivity index (χ2v) is 3.88. The normalized spacial score (nSPS) is 40.4. The lowest BCUT2D eigenvalue weighted by Crippen LogP contribution is -2.45. The average molecular weight is 190 g/mol. The van der Waals surface area contributed by atoms with Crippen LogP contribution in [0.5, 0.6) is 0 Å². The van der Waals surface area contributed by atoms with Crippen LogP contribution in [0.3, 0.4) is 0 Å². The van der Waals surface area contributed by atoms with Gasteiger partial charge in [-0.05, 0) is 25.7 Å². The first-order valence-electron chi connectivity index (χ1n) is 4.58. The molecule has 70 valence electrons. The second kappa shape index (κ2) is 3.75. The van der Waals surface area contributed by atoms with Gasteiger partial charge in [-0.15, -0.1) is 12.4 Å². The second-order valence-electron chi connectivity index (χ2n) is 3.88. The predicted molar refractivity (Wildman–Crippen MR) is 50.3 cm³/mol. The Kier molecular flexibility index (Phi) is 3.13. The Morgan fingerprint density at radius 1 is 1.17 bits per heavy atom. The van der Waals surface area contributed by atoms with Gasteiger partial charge >= 0.3 is 0 Å². The summed E-state index contributed by atoms with van der Waals surface area (Å²) in [5, 5.41) is 0. The zero-order chi connectivity index (χ0) is 7.84. The lowest BCUT2D eigenvalue weighted by molar-refractivity contribution is -0.132. The third-order valence-corrected chi connectivity index (χ3v) is 3.20. The Labute approximate surface area is 79.3 Å². The molecule has 2 fully saturated rings. The minimum Gasteiger partial charge on any atom is -0.327 e. The van der Waals surface area contributed by atoms with Crippen molar-refractivity contribution in [3.8, 4) is 0 Å². The van der Waals surface area contributed by atoms with Crippen LogP contribution in [0.2, 0.25) is 0 Å². The highest BCUT2D eigenvalue weighted by atomic mass is 35.5. The number of hydrogen-bond acceptors (Lipinski definition) is 2. The lowest BCUT2D eigenvalue weighted by atomic mass is 9.69. The molecular weight excluding hydrogens is 174 g/mol. The van der Waals surface area contributed by atoms with Gasteiger partial charge in [0.25, 0.3) is 0 Å². The standard InChI is InChI=1S/C9H15NO.ClH/c10-8-5-4-6-2-1-3-7(8)9(6)11;/h6-8H,1-5,10H2;1H. The number of carbonyl (C=O) groups is 1. The predicted octanol–water partition coefficient (Wildman–Crippen LogP) is 1.51. The molecule has 2 aliphatic carbocycles. The minimum atomic E-state index is 0. The molecule has 0 heterocycles. The zero-order valence-electron chi connectivity index (χ0n) is 7.16. The topological polar surface area (TPSA) is 43.1 Å². The van der Waals surface area contributed by atoms with Crippen molar-refractivity contribution in [1.29, 1.82) is 0 Å². The number of Topliss-reactive ketones (excluding diaryl/α,β-unsaturated/α-hetero) is 1. The van der Waals surface area contributed by atoms with Crippen LogP contribution in [0, 0.1) is 11.8 Å². The lowest BCUT2D eigenvalue weighted by Gasteiger charge is -2.36. The Morgan fingerprint density at radius 3 is 2.58 bits per heavy atom. The molecule has 3 unspecified atom stereocenters. The largest absolute Gasteiger partial charge is 0.327 e. The van der Waals surface area contributed by atoms with Gasteiger partial charge in [0.2, 0.25) is 0 Å². The number of carbonyl (C=O) groups excluding carboxylic acids is 1. The zero-order valence-corrected chi connectivity index (χ0v) is 7.98. The van der Waals surface area contributed by atoms with E-state index in [0.717, 1.165) is 25.7 Å². The molecule has 0 saturated heterocycles. The molecule has 0 aromatic carbocycles. The van der Waals surface area contributed by atoms with Crippen molar-refractivity contribution in [3.63, 3.8) is 0 Å². The Hall–Kier alpha value is -0.0800. The minimum absolute atomic E-state index is 0. The number of rotatable bonds is 0. The maximum Gasteiger partial charge on any atom is 0.140 e. The van der Waals surface area contributed by atoms with E-state index < -0.39 is 0 Å². The van der Waals surface area contributed by atoms with E-state index in [9.17, 15) is 4.79 Å². The first-order chi connectivity index (χ1) is 5.29. The van der Waals surface area contributed by atoms with Gasteiger partial charge in [-0.2, -0.15) is 0 Å². The SMILES string of the molecule is Cl.NC1CCC2CCCC1C2=O. The summed E-state index contributed by atoms with van der Waals surface area (Å²) < 4.78 is 0. The Bertz CT molecular complexity index is 183. The molecule has 2 nitrogen and oxygen atoms in total. The van der Waals surface area contributed by atoms with Crippen molar-refractivity contribution in [2.45, 2.75) is 38.1 Å². The van der Waals surface area contributed by atoms with Crippen LogP contribution >= 0.6 is 12.4 Å². The highest BCUT2D eigenvalue weighted by Gasteiger charge is 2.38. The summed E-state index contributed by atoms with van der Waals surface area (Å²) in [5.41, 5.74) is 5.86. The van der Waals surface area contributed by atoms with E-state index in [4.69, 9.17) is 5.73 Å². The van der Waals surface area contributed by atoms with E-state index in [1.165, 1.54) is 6.42 Å². The Balaban J connectivity index is 0.000000720. The first-order valence-corrected chi connectivity index (χ1v) is 4.58. The molecular formula is C9H16ClNO. The molecule has 0 amide bonds. The van der Waals surface area contributed by atoms with Gasteiger partial charge in [-0.3, -0.25) is 4.79 Å². The molecule has 3 atom stereocenters. The third kappa shape index (κ3) is 1.50. The smallest absolute Gasteiger partial charge is 0.140 e. The van der Waals surface area contributed by atoms with Crippen LogP contribution in [-0.4, -0.2) is 11.8 Å². The van der Waals surface area contributed by atoms with E-state index in [-0.39, 0.29) is 24.4 Å². The van der Waals surface area contributed by atoms with Crippen molar-refractivity contribution >= 4 is 18.2 Å². The maximum absolute atomic E-state index is 11.5. The molecule has 0 spiro atoms. The fourth-order valence-electron chi connectivity index (χ4n) is 2.48. The average Bonchev–Trinajstić information content (AvgIpc) is 1.98. The summed E-state index contributed by atoms with van der Waals surface area (Å²) >= 11 is 0. The van der Waals surface area contributed by atoms with Crippen LogP contribution in [0.25, 0.3) is 0 Å². The van der Waals surface area contributed by atoms with Gasteiger partial charge in [0.1, 0.15) is 5.78 Å². The molecule has 12 heavy (non-hydrogen) atoms. The molecule has 2 rings (SSSR count). The highest BCUT2D eigenvalue weighted by molar-refractivity contribution is 5.85.